The van der Waals surface area contributed by atoms with Gasteiger partial charge in [0.05, 0.1) is 38.9 Å². The van der Waals surface area contributed by atoms with E-state index in [-0.39, 0.29) is 17.5 Å². The second-order valence-corrected chi connectivity index (χ2v) is 9.10. The average molecular weight is 509 g/mol. The van der Waals surface area contributed by atoms with E-state index in [0.29, 0.717) is 54.6 Å². The fourth-order valence-corrected chi connectivity index (χ4v) is 4.61. The van der Waals surface area contributed by atoms with Gasteiger partial charge in [-0.3, -0.25) is 9.69 Å². The third-order valence-electron chi connectivity index (χ3n) is 6.51. The number of hydrogen-bond acceptors (Lipinski definition) is 8. The van der Waals surface area contributed by atoms with Crippen LogP contribution in [0.5, 0.6) is 11.5 Å². The van der Waals surface area contributed by atoms with Crippen LogP contribution in [0.3, 0.4) is 0 Å². The number of methoxy groups -OCH3 is 2. The Kier molecular flexibility index (Phi) is 7.42. The van der Waals surface area contributed by atoms with Gasteiger partial charge in [-0.2, -0.15) is 0 Å². The van der Waals surface area contributed by atoms with Gasteiger partial charge >= 0.3 is 0 Å². The van der Waals surface area contributed by atoms with Crippen molar-refractivity contribution < 1.29 is 18.6 Å². The highest BCUT2D eigenvalue weighted by Gasteiger charge is 2.21. The fraction of sp³-hybridized carbons (Fsp3) is 0.385. The van der Waals surface area contributed by atoms with Crippen molar-refractivity contribution in [3.05, 3.63) is 75.6 Å². The number of hydrogen-bond donors (Lipinski definition) is 1. The summed E-state index contributed by atoms with van der Waals surface area (Å²) < 4.78 is 31.8. The lowest BCUT2D eigenvalue weighted by Gasteiger charge is -2.22. The minimum atomic E-state index is -0.300. The second kappa shape index (κ2) is 11.1. The molecule has 3 heterocycles. The summed E-state index contributed by atoms with van der Waals surface area (Å²) in [7, 11) is 3.12. The number of fused-ring (bicyclic) bond motifs is 1. The summed E-state index contributed by atoms with van der Waals surface area (Å²) in [5.41, 5.74) is 1.92. The Balaban J connectivity index is 1.44. The van der Waals surface area contributed by atoms with E-state index in [1.54, 1.807) is 37.1 Å². The third kappa shape index (κ3) is 5.78. The Hall–Kier alpha value is -3.83. The number of nitrogens with one attached hydrogen (secondary N) is 1. The van der Waals surface area contributed by atoms with Crippen molar-refractivity contribution in [3.63, 3.8) is 0 Å². The first-order valence-electron chi connectivity index (χ1n) is 12.1. The summed E-state index contributed by atoms with van der Waals surface area (Å²) in [5, 5.41) is 13.1. The van der Waals surface area contributed by atoms with Crippen molar-refractivity contribution >= 4 is 10.9 Å². The molecule has 0 amide bonds. The summed E-state index contributed by atoms with van der Waals surface area (Å²) in [4.78, 5) is 18.1. The molecule has 1 aliphatic rings. The first-order chi connectivity index (χ1) is 18.0. The molecule has 0 radical (unpaired) electrons. The Morgan fingerprint density at radius 3 is 2.62 bits per heavy atom. The molecule has 0 bridgehead atoms. The molecule has 0 aliphatic carbocycles. The highest BCUT2D eigenvalue weighted by Crippen LogP contribution is 2.31. The molecule has 5 rings (SSSR count). The molecule has 1 saturated heterocycles. The van der Waals surface area contributed by atoms with Crippen LogP contribution >= 0.6 is 0 Å². The molecule has 37 heavy (non-hydrogen) atoms. The van der Waals surface area contributed by atoms with Gasteiger partial charge in [0, 0.05) is 36.7 Å². The topological polar surface area (TPSA) is 107 Å². The lowest BCUT2D eigenvalue weighted by Crippen LogP contribution is -2.29. The zero-order valence-electron chi connectivity index (χ0n) is 20.8. The molecule has 4 aromatic rings. The van der Waals surface area contributed by atoms with Crippen LogP contribution in [0.4, 0.5) is 4.39 Å². The summed E-state index contributed by atoms with van der Waals surface area (Å²) in [6, 6.07) is 11.8. The van der Waals surface area contributed by atoms with Crippen molar-refractivity contribution in [1.29, 1.82) is 0 Å². The van der Waals surface area contributed by atoms with E-state index >= 15 is 0 Å². The number of ether oxygens (including phenoxy) is 3. The predicted octanol–water partition coefficient (Wildman–Crippen LogP) is 3.05. The number of nitrogens with zero attached hydrogens (tertiary/aromatic N) is 5. The minimum absolute atomic E-state index is 0.0862. The first-order valence-corrected chi connectivity index (χ1v) is 12.1. The molecule has 0 saturated carbocycles. The van der Waals surface area contributed by atoms with Crippen molar-refractivity contribution in [2.24, 2.45) is 0 Å². The van der Waals surface area contributed by atoms with Crippen LogP contribution in [-0.2, 0) is 30.9 Å². The van der Waals surface area contributed by atoms with Crippen LogP contribution in [-0.4, -0.2) is 57.0 Å². The number of tetrazole rings is 1. The summed E-state index contributed by atoms with van der Waals surface area (Å²) >= 11 is 0. The second-order valence-electron chi connectivity index (χ2n) is 9.10. The van der Waals surface area contributed by atoms with E-state index in [9.17, 15) is 9.18 Å². The van der Waals surface area contributed by atoms with Crippen LogP contribution in [0.1, 0.15) is 29.8 Å². The molecule has 194 valence electrons. The summed E-state index contributed by atoms with van der Waals surface area (Å²) in [6.45, 7) is 2.51. The molecule has 1 aliphatic heterocycles. The van der Waals surface area contributed by atoms with Gasteiger partial charge in [0.15, 0.2) is 17.3 Å². The molecule has 1 atom stereocenters. The zero-order chi connectivity index (χ0) is 25.8. The van der Waals surface area contributed by atoms with Crippen LogP contribution < -0.4 is 15.0 Å². The lowest BCUT2D eigenvalue weighted by atomic mass is 10.1. The van der Waals surface area contributed by atoms with Crippen LogP contribution in [0.15, 0.2) is 47.3 Å². The quantitative estimate of drug-likeness (QED) is 0.348. The van der Waals surface area contributed by atoms with Gasteiger partial charge in [-0.1, -0.05) is 12.1 Å². The Morgan fingerprint density at radius 1 is 1.11 bits per heavy atom. The molecule has 2 aromatic heterocycles. The van der Waals surface area contributed by atoms with Crippen molar-refractivity contribution in [1.82, 2.24) is 30.1 Å². The monoisotopic (exact) mass is 508 g/mol. The van der Waals surface area contributed by atoms with E-state index in [2.05, 4.69) is 25.4 Å². The molecule has 10 nitrogen and oxygen atoms in total. The molecular formula is C26H29FN6O4. The van der Waals surface area contributed by atoms with Gasteiger partial charge in [0.25, 0.3) is 5.56 Å². The lowest BCUT2D eigenvalue weighted by molar-refractivity contribution is 0.0914. The zero-order valence-corrected chi connectivity index (χ0v) is 20.8. The van der Waals surface area contributed by atoms with Gasteiger partial charge in [0.2, 0.25) is 0 Å². The van der Waals surface area contributed by atoms with Crippen LogP contribution in [0, 0.1) is 5.82 Å². The maximum absolute atomic E-state index is 13.5. The fourth-order valence-electron chi connectivity index (χ4n) is 4.61. The standard InChI is InChI=1S/C26H29FN6O4/c1-35-23-11-18-10-19(26(34)28-22(18)12-24(23)36-2)14-32(13-17-5-7-20(27)8-6-17)16-25-29-30-31-33(25)15-21-4-3-9-37-21/h5-8,10-12,21H,3-4,9,13-16H2,1-2H3,(H,28,34). The van der Waals surface area contributed by atoms with Crippen LogP contribution in [0.2, 0.25) is 0 Å². The van der Waals surface area contributed by atoms with Crippen LogP contribution in [0.25, 0.3) is 10.9 Å². The number of pyridine rings is 1. The Morgan fingerprint density at radius 2 is 1.89 bits per heavy atom. The van der Waals surface area contributed by atoms with E-state index in [1.165, 1.54) is 12.1 Å². The number of rotatable bonds is 10. The molecule has 0 spiro atoms. The van der Waals surface area contributed by atoms with E-state index in [0.717, 1.165) is 30.4 Å². The van der Waals surface area contributed by atoms with Crippen molar-refractivity contribution in [2.75, 3.05) is 20.8 Å². The number of aromatic amines is 1. The smallest absolute Gasteiger partial charge is 0.252 e. The van der Waals surface area contributed by atoms with Crippen molar-refractivity contribution in [2.45, 2.75) is 45.1 Å². The SMILES string of the molecule is COc1cc2cc(CN(Cc3ccc(F)cc3)Cc3nnnn3CC3CCCO3)c(=O)[nH]c2cc1OC. The highest BCUT2D eigenvalue weighted by atomic mass is 19.1. The average Bonchev–Trinajstić information content (AvgIpc) is 3.57. The Labute approximate surface area is 213 Å². The van der Waals surface area contributed by atoms with Gasteiger partial charge in [-0.25, -0.2) is 9.07 Å². The van der Waals surface area contributed by atoms with E-state index < -0.39 is 0 Å². The van der Waals surface area contributed by atoms with E-state index in [4.69, 9.17) is 14.2 Å². The van der Waals surface area contributed by atoms with Crippen molar-refractivity contribution in [3.8, 4) is 11.5 Å². The number of halogens is 1. The molecule has 2 aromatic carbocycles. The molecule has 1 unspecified atom stereocenters. The normalized spacial score (nSPS) is 15.5. The van der Waals surface area contributed by atoms with Gasteiger partial charge < -0.3 is 19.2 Å². The molecule has 1 fully saturated rings. The molecule has 11 heteroatoms. The number of H-pyrrole nitrogens is 1. The van der Waals surface area contributed by atoms with Gasteiger partial charge in [0.1, 0.15) is 5.82 Å². The maximum Gasteiger partial charge on any atom is 0.252 e. The summed E-state index contributed by atoms with van der Waals surface area (Å²) in [5.74, 6) is 1.48. The summed E-state index contributed by atoms with van der Waals surface area (Å²) in [6.07, 6.45) is 2.09. The number of benzene rings is 2. The predicted molar refractivity (Wildman–Crippen MR) is 134 cm³/mol. The molecular weight excluding hydrogens is 479 g/mol. The van der Waals surface area contributed by atoms with Gasteiger partial charge in [-0.05, 0) is 53.1 Å². The largest absolute Gasteiger partial charge is 0.493 e. The van der Waals surface area contributed by atoms with Gasteiger partial charge in [-0.15, -0.1) is 5.10 Å². The molecule has 1 N–H and O–H groups in total. The highest BCUT2D eigenvalue weighted by molar-refractivity contribution is 5.83. The third-order valence-corrected chi connectivity index (χ3v) is 6.51. The first kappa shape index (κ1) is 24.8. The van der Waals surface area contributed by atoms with E-state index in [1.807, 2.05) is 12.1 Å². The Bertz CT molecular complexity index is 1420. The number of aromatic nitrogens is 5. The minimum Gasteiger partial charge on any atom is -0.493 e. The maximum atomic E-state index is 13.5.